The maximum atomic E-state index is 12.4. The standard InChI is InChI=1S/C23H20N4O4/c1-2-15(22(25)30)20(24)21(29)14-9-7-13(8-10-14)19(28)12-11-18-23(31)27-17-6-4-3-5-16(17)26-18/h3-12,15,24H,2H2,1H3,(H2,25,30)(H,27,31). The largest absolute Gasteiger partial charge is 0.492 e. The number of hydrogen-bond donors (Lipinski definition) is 3. The van der Waals surface area contributed by atoms with Gasteiger partial charge in [0.05, 0.1) is 22.7 Å². The highest BCUT2D eigenvalue weighted by Gasteiger charge is 2.25. The fourth-order valence-electron chi connectivity index (χ4n) is 3.01. The average Bonchev–Trinajstić information content (AvgIpc) is 2.77. The fourth-order valence-corrected chi connectivity index (χ4v) is 3.01. The van der Waals surface area contributed by atoms with Crippen molar-refractivity contribution in [2.75, 3.05) is 0 Å². The topological polar surface area (TPSA) is 147 Å². The van der Waals surface area contributed by atoms with Crippen LogP contribution < -0.4 is 5.73 Å². The van der Waals surface area contributed by atoms with Crippen LogP contribution in [0.3, 0.4) is 0 Å². The van der Waals surface area contributed by atoms with Crippen LogP contribution in [0.5, 0.6) is 5.88 Å². The summed E-state index contributed by atoms with van der Waals surface area (Å²) < 4.78 is 0. The minimum atomic E-state index is -0.951. The number of carbonyl (C=O) groups is 3. The van der Waals surface area contributed by atoms with Crippen molar-refractivity contribution in [3.63, 3.8) is 0 Å². The van der Waals surface area contributed by atoms with Gasteiger partial charge in [-0.3, -0.25) is 14.4 Å². The summed E-state index contributed by atoms with van der Waals surface area (Å²) in [5, 5.41) is 18.0. The van der Waals surface area contributed by atoms with Crippen LogP contribution in [-0.4, -0.2) is 38.3 Å². The van der Waals surface area contributed by atoms with Gasteiger partial charge in [-0.2, -0.15) is 0 Å². The smallest absolute Gasteiger partial charge is 0.238 e. The number of allylic oxidation sites excluding steroid dienone is 1. The molecular weight excluding hydrogens is 396 g/mol. The highest BCUT2D eigenvalue weighted by atomic mass is 16.3. The van der Waals surface area contributed by atoms with Crippen molar-refractivity contribution in [2.45, 2.75) is 13.3 Å². The Morgan fingerprint density at radius 1 is 1.03 bits per heavy atom. The normalized spacial score (nSPS) is 12.0. The van der Waals surface area contributed by atoms with Crippen molar-refractivity contribution in [1.29, 1.82) is 5.41 Å². The number of aromatic hydroxyl groups is 1. The van der Waals surface area contributed by atoms with Crippen LogP contribution in [0.2, 0.25) is 0 Å². The van der Waals surface area contributed by atoms with Gasteiger partial charge in [0.2, 0.25) is 17.6 Å². The van der Waals surface area contributed by atoms with Crippen molar-refractivity contribution in [1.82, 2.24) is 9.97 Å². The lowest BCUT2D eigenvalue weighted by Crippen LogP contribution is -2.33. The highest BCUT2D eigenvalue weighted by molar-refractivity contribution is 6.48. The van der Waals surface area contributed by atoms with E-state index in [1.54, 1.807) is 31.2 Å². The number of primary amides is 1. The van der Waals surface area contributed by atoms with Crippen LogP contribution >= 0.6 is 0 Å². The molecule has 156 valence electrons. The number of amides is 1. The average molecular weight is 416 g/mol. The van der Waals surface area contributed by atoms with E-state index < -0.39 is 17.6 Å². The second kappa shape index (κ2) is 9.08. The number of rotatable bonds is 8. The molecule has 1 amide bonds. The van der Waals surface area contributed by atoms with Gasteiger partial charge in [-0.05, 0) is 30.7 Å². The zero-order valence-electron chi connectivity index (χ0n) is 16.7. The number of ketones is 2. The van der Waals surface area contributed by atoms with E-state index in [1.165, 1.54) is 36.4 Å². The molecule has 8 heteroatoms. The SMILES string of the molecule is CCC(C(=N)C(=O)c1ccc(C(=O)C=Cc2nc3ccccc3nc2O)cc1)C(N)=O. The second-order valence-corrected chi connectivity index (χ2v) is 6.80. The summed E-state index contributed by atoms with van der Waals surface area (Å²) in [7, 11) is 0. The minimum Gasteiger partial charge on any atom is -0.492 e. The van der Waals surface area contributed by atoms with E-state index in [0.717, 1.165) is 0 Å². The summed E-state index contributed by atoms with van der Waals surface area (Å²) in [6, 6.07) is 12.8. The molecule has 0 radical (unpaired) electrons. The van der Waals surface area contributed by atoms with Crippen molar-refractivity contribution in [3.05, 3.63) is 71.4 Å². The van der Waals surface area contributed by atoms with E-state index in [2.05, 4.69) is 9.97 Å². The molecule has 0 spiro atoms. The lowest BCUT2D eigenvalue weighted by Gasteiger charge is -2.11. The van der Waals surface area contributed by atoms with Gasteiger partial charge in [0.1, 0.15) is 5.69 Å². The van der Waals surface area contributed by atoms with Crippen molar-refractivity contribution < 1.29 is 19.5 Å². The van der Waals surface area contributed by atoms with Gasteiger partial charge in [-0.15, -0.1) is 0 Å². The maximum Gasteiger partial charge on any atom is 0.238 e. The molecule has 0 saturated heterocycles. The quantitative estimate of drug-likeness (QED) is 0.292. The Morgan fingerprint density at radius 2 is 1.61 bits per heavy atom. The molecule has 0 saturated carbocycles. The predicted octanol–water partition coefficient (Wildman–Crippen LogP) is 2.95. The molecule has 4 N–H and O–H groups in total. The second-order valence-electron chi connectivity index (χ2n) is 6.80. The first kappa shape index (κ1) is 21.5. The van der Waals surface area contributed by atoms with Gasteiger partial charge in [0, 0.05) is 11.1 Å². The van der Waals surface area contributed by atoms with Gasteiger partial charge in [0.25, 0.3) is 0 Å². The molecule has 1 atom stereocenters. The van der Waals surface area contributed by atoms with E-state index in [0.29, 0.717) is 16.6 Å². The number of para-hydroxylation sites is 2. The Labute approximate surface area is 178 Å². The van der Waals surface area contributed by atoms with Gasteiger partial charge in [0.15, 0.2) is 5.78 Å². The van der Waals surface area contributed by atoms with Gasteiger partial charge >= 0.3 is 0 Å². The number of hydrogen-bond acceptors (Lipinski definition) is 7. The summed E-state index contributed by atoms with van der Waals surface area (Å²) >= 11 is 0. The fraction of sp³-hybridized carbons (Fsp3) is 0.130. The molecule has 3 rings (SSSR count). The summed E-state index contributed by atoms with van der Waals surface area (Å²) in [5.74, 6) is -2.95. The molecule has 31 heavy (non-hydrogen) atoms. The van der Waals surface area contributed by atoms with Gasteiger partial charge in [-0.25, -0.2) is 9.97 Å². The summed E-state index contributed by atoms with van der Waals surface area (Å²) in [6.45, 7) is 1.67. The number of fused-ring (bicyclic) bond motifs is 1. The zero-order chi connectivity index (χ0) is 22.5. The Kier molecular flexibility index (Phi) is 6.30. The van der Waals surface area contributed by atoms with Crippen molar-refractivity contribution >= 4 is 40.3 Å². The minimum absolute atomic E-state index is 0.157. The number of nitrogens with zero attached hydrogens (tertiary/aromatic N) is 2. The molecule has 1 heterocycles. The summed E-state index contributed by atoms with van der Waals surface area (Å²) in [4.78, 5) is 44.6. The number of nitrogens with one attached hydrogen (secondary N) is 1. The van der Waals surface area contributed by atoms with Crippen LogP contribution in [-0.2, 0) is 4.79 Å². The predicted molar refractivity (Wildman–Crippen MR) is 116 cm³/mol. The first-order valence-electron chi connectivity index (χ1n) is 9.52. The molecule has 8 nitrogen and oxygen atoms in total. The molecule has 0 aliphatic carbocycles. The number of nitrogens with two attached hydrogens (primary N) is 1. The Hall–Kier alpha value is -4.20. The molecule has 0 aliphatic rings. The van der Waals surface area contributed by atoms with E-state index in [-0.39, 0.29) is 35.1 Å². The van der Waals surface area contributed by atoms with Crippen molar-refractivity contribution in [3.8, 4) is 5.88 Å². The van der Waals surface area contributed by atoms with Gasteiger partial charge < -0.3 is 16.2 Å². The lowest BCUT2D eigenvalue weighted by molar-refractivity contribution is -0.119. The number of Topliss-reactive ketones (excluding diaryl/α,β-unsaturated/α-hetero) is 1. The molecule has 1 aromatic heterocycles. The van der Waals surface area contributed by atoms with Crippen molar-refractivity contribution in [2.24, 2.45) is 11.7 Å². The first-order chi connectivity index (χ1) is 14.8. The van der Waals surface area contributed by atoms with Gasteiger partial charge in [-0.1, -0.05) is 43.3 Å². The lowest BCUT2D eigenvalue weighted by atomic mass is 9.92. The maximum absolute atomic E-state index is 12.4. The van der Waals surface area contributed by atoms with E-state index >= 15 is 0 Å². The van der Waals surface area contributed by atoms with E-state index in [1.807, 2.05) is 0 Å². The van der Waals surface area contributed by atoms with E-state index in [4.69, 9.17) is 11.1 Å². The molecule has 0 bridgehead atoms. The van der Waals surface area contributed by atoms with E-state index in [9.17, 15) is 19.5 Å². The number of benzene rings is 2. The molecule has 3 aromatic rings. The third-order valence-electron chi connectivity index (χ3n) is 4.75. The van der Waals surface area contributed by atoms with Crippen LogP contribution in [0.15, 0.2) is 54.6 Å². The molecule has 1 unspecified atom stereocenters. The summed E-state index contributed by atoms with van der Waals surface area (Å²) in [5.41, 5.74) is 6.62. The zero-order valence-corrected chi connectivity index (χ0v) is 16.7. The monoisotopic (exact) mass is 416 g/mol. The van der Waals surface area contributed by atoms with Crippen LogP contribution in [0.1, 0.15) is 39.8 Å². The molecule has 2 aromatic carbocycles. The van der Waals surface area contributed by atoms with Crippen LogP contribution in [0.25, 0.3) is 17.1 Å². The third-order valence-corrected chi connectivity index (χ3v) is 4.75. The molecular formula is C23H20N4O4. The Bertz CT molecular complexity index is 1220. The Balaban J connectivity index is 1.76. The number of carbonyl (C=O) groups excluding carboxylic acids is 3. The Morgan fingerprint density at radius 3 is 2.19 bits per heavy atom. The van der Waals surface area contributed by atoms with Crippen LogP contribution in [0, 0.1) is 11.3 Å². The molecule has 0 aliphatic heterocycles. The highest BCUT2D eigenvalue weighted by Crippen LogP contribution is 2.19. The summed E-state index contributed by atoms with van der Waals surface area (Å²) in [6.07, 6.45) is 2.87. The van der Waals surface area contributed by atoms with Crippen LogP contribution in [0.4, 0.5) is 0 Å². The third kappa shape index (κ3) is 4.69. The number of aromatic nitrogens is 2. The molecule has 0 fully saturated rings. The first-order valence-corrected chi connectivity index (χ1v) is 9.52.